The molecule has 1 aliphatic heterocycles. The Kier molecular flexibility index (Phi) is 4.59. The predicted molar refractivity (Wildman–Crippen MR) is 131 cm³/mol. The minimum Gasteiger partial charge on any atom is -0.454 e. The van der Waals surface area contributed by atoms with Crippen LogP contribution in [0.25, 0.3) is 44.3 Å². The lowest BCUT2D eigenvalue weighted by Gasteiger charge is -2.27. The van der Waals surface area contributed by atoms with Crippen molar-refractivity contribution in [3.8, 4) is 22.4 Å². The Bertz CT molecular complexity index is 1550. The fourth-order valence-electron chi connectivity index (χ4n) is 5.28. The molecule has 0 unspecified atom stereocenters. The van der Waals surface area contributed by atoms with Crippen LogP contribution in [0.3, 0.4) is 0 Å². The number of pyridine rings is 1. The van der Waals surface area contributed by atoms with E-state index in [1.807, 2.05) is 43.6 Å². The molecule has 0 aliphatic carbocycles. The van der Waals surface area contributed by atoms with Crippen molar-refractivity contribution in [2.24, 2.45) is 7.05 Å². The van der Waals surface area contributed by atoms with E-state index in [2.05, 4.69) is 47.7 Å². The lowest BCUT2D eigenvalue weighted by atomic mass is 9.90. The topological polar surface area (TPSA) is 20.3 Å². The van der Waals surface area contributed by atoms with Gasteiger partial charge in [-0.1, -0.05) is 30.3 Å². The number of aryl methyl sites for hydroxylation is 2. The molecular weight excluding hydrogens is 411 g/mol. The Morgan fingerprint density at radius 1 is 0.909 bits per heavy atom. The molecule has 0 fully saturated rings. The second-order valence-electron chi connectivity index (χ2n) is 9.16. The molecule has 33 heavy (non-hydrogen) atoms. The monoisotopic (exact) mass is 437 g/mol. The maximum absolute atomic E-state index is 15.5. The van der Waals surface area contributed by atoms with E-state index >= 15 is 4.39 Å². The van der Waals surface area contributed by atoms with Gasteiger partial charge in [-0.15, -0.1) is 0 Å². The second kappa shape index (κ2) is 7.53. The van der Waals surface area contributed by atoms with E-state index in [4.69, 9.17) is 4.42 Å². The lowest BCUT2D eigenvalue weighted by molar-refractivity contribution is -0.660. The molecule has 0 N–H and O–H groups in total. The normalized spacial score (nSPS) is 14.2. The van der Waals surface area contributed by atoms with Gasteiger partial charge in [0.1, 0.15) is 24.0 Å². The van der Waals surface area contributed by atoms with Gasteiger partial charge in [-0.25, -0.2) is 8.96 Å². The van der Waals surface area contributed by atoms with Crippen molar-refractivity contribution in [1.29, 1.82) is 0 Å². The van der Waals surface area contributed by atoms with Crippen molar-refractivity contribution >= 4 is 21.9 Å². The Morgan fingerprint density at radius 3 is 2.52 bits per heavy atom. The first kappa shape index (κ1) is 20.1. The van der Waals surface area contributed by atoms with Gasteiger partial charge in [-0.3, -0.25) is 0 Å². The smallest absolute Gasteiger partial charge is 0.216 e. The van der Waals surface area contributed by atoms with E-state index in [1.54, 1.807) is 6.07 Å². The van der Waals surface area contributed by atoms with Crippen molar-refractivity contribution in [2.75, 3.05) is 13.6 Å². The molecule has 5 aromatic rings. The van der Waals surface area contributed by atoms with Gasteiger partial charge in [0, 0.05) is 36.0 Å². The number of benzene rings is 3. The van der Waals surface area contributed by atoms with Crippen molar-refractivity contribution in [1.82, 2.24) is 4.90 Å². The highest BCUT2D eigenvalue weighted by Gasteiger charge is 2.25. The fraction of sp³-hybridized carbons (Fsp3) is 0.207. The van der Waals surface area contributed by atoms with E-state index < -0.39 is 0 Å². The van der Waals surface area contributed by atoms with Crippen LogP contribution >= 0.6 is 0 Å². The minimum atomic E-state index is -0.244. The summed E-state index contributed by atoms with van der Waals surface area (Å²) >= 11 is 0. The van der Waals surface area contributed by atoms with Gasteiger partial charge in [-0.05, 0) is 60.8 Å². The van der Waals surface area contributed by atoms with Crippen LogP contribution in [0.2, 0.25) is 0 Å². The average Bonchev–Trinajstić information content (AvgIpc) is 3.18. The van der Waals surface area contributed by atoms with Crippen molar-refractivity contribution < 1.29 is 13.4 Å². The van der Waals surface area contributed by atoms with Crippen LogP contribution in [-0.2, 0) is 20.0 Å². The van der Waals surface area contributed by atoms with Crippen LogP contribution in [0.4, 0.5) is 4.39 Å². The van der Waals surface area contributed by atoms with E-state index in [9.17, 15) is 0 Å². The Morgan fingerprint density at radius 2 is 1.70 bits per heavy atom. The largest absolute Gasteiger partial charge is 0.454 e. The molecule has 3 heterocycles. The molecular formula is C29H26FN2O+. The van der Waals surface area contributed by atoms with Crippen molar-refractivity contribution in [3.63, 3.8) is 0 Å². The number of rotatable bonds is 2. The number of hydrogen-bond acceptors (Lipinski definition) is 2. The molecule has 0 saturated carbocycles. The first-order valence-corrected chi connectivity index (χ1v) is 11.4. The zero-order valence-corrected chi connectivity index (χ0v) is 19.2. The van der Waals surface area contributed by atoms with Gasteiger partial charge >= 0.3 is 0 Å². The molecule has 0 bridgehead atoms. The van der Waals surface area contributed by atoms with Crippen molar-refractivity contribution in [3.05, 3.63) is 89.4 Å². The zero-order valence-electron chi connectivity index (χ0n) is 19.2. The lowest BCUT2D eigenvalue weighted by Crippen LogP contribution is -2.30. The molecule has 0 atom stereocenters. The number of halogens is 1. The van der Waals surface area contributed by atoms with Gasteiger partial charge < -0.3 is 9.32 Å². The molecule has 3 aromatic carbocycles. The SMILES string of the molecule is Cc1ccc2c(oc3c(-c4cccc5c4CN(C)CC5)c(F)ccc32)c1-c1cccc[n+]1C. The predicted octanol–water partition coefficient (Wildman–Crippen LogP) is 6.18. The standard InChI is InChI=1S/C29H26FN2O/c1-18-10-11-21-22-12-13-24(30)27(20-8-6-7-19-14-16-31(2)17-23(19)20)29(22)33-28(21)26(18)25-9-4-5-15-32(25)3/h4-13,15H,14,16-17H2,1-3H3/q+1. The first-order valence-electron chi connectivity index (χ1n) is 11.4. The summed E-state index contributed by atoms with van der Waals surface area (Å²) in [6, 6.07) is 20.0. The van der Waals surface area contributed by atoms with Crippen LogP contribution in [0.5, 0.6) is 0 Å². The van der Waals surface area contributed by atoms with Gasteiger partial charge in [0.15, 0.2) is 6.20 Å². The molecule has 4 heteroatoms. The summed E-state index contributed by atoms with van der Waals surface area (Å²) in [5.41, 5.74) is 8.67. The maximum atomic E-state index is 15.5. The Balaban J connectivity index is 1.69. The number of aromatic nitrogens is 1. The Hall–Kier alpha value is -3.50. The number of fused-ring (bicyclic) bond motifs is 4. The molecule has 1 aliphatic rings. The van der Waals surface area contributed by atoms with E-state index in [1.165, 1.54) is 11.1 Å². The summed E-state index contributed by atoms with van der Waals surface area (Å²) in [5.74, 6) is -0.244. The van der Waals surface area contributed by atoms with Gasteiger partial charge in [-0.2, -0.15) is 0 Å². The van der Waals surface area contributed by atoms with Crippen molar-refractivity contribution in [2.45, 2.75) is 19.9 Å². The fourth-order valence-corrected chi connectivity index (χ4v) is 5.28. The number of hydrogen-bond donors (Lipinski definition) is 0. The van der Waals surface area contributed by atoms with Crippen LogP contribution < -0.4 is 4.57 Å². The molecule has 2 aromatic heterocycles. The Labute approximate surface area is 192 Å². The van der Waals surface area contributed by atoms with Crippen LogP contribution in [0.15, 0.2) is 71.3 Å². The third kappa shape index (κ3) is 3.09. The van der Waals surface area contributed by atoms with Gasteiger partial charge in [0.2, 0.25) is 5.69 Å². The third-order valence-electron chi connectivity index (χ3n) is 7.01. The maximum Gasteiger partial charge on any atom is 0.216 e. The molecule has 6 rings (SSSR count). The summed E-state index contributed by atoms with van der Waals surface area (Å²) < 4.78 is 24.2. The molecule has 164 valence electrons. The average molecular weight is 438 g/mol. The van der Waals surface area contributed by atoms with Crippen LogP contribution in [0.1, 0.15) is 16.7 Å². The second-order valence-corrected chi connectivity index (χ2v) is 9.16. The van der Waals surface area contributed by atoms with Crippen LogP contribution in [0, 0.1) is 12.7 Å². The van der Waals surface area contributed by atoms with Gasteiger partial charge in [0.05, 0.1) is 11.1 Å². The molecule has 0 amide bonds. The molecule has 3 nitrogen and oxygen atoms in total. The minimum absolute atomic E-state index is 0.244. The summed E-state index contributed by atoms with van der Waals surface area (Å²) in [7, 11) is 4.15. The van der Waals surface area contributed by atoms with E-state index in [0.29, 0.717) is 11.1 Å². The quantitative estimate of drug-likeness (QED) is 0.307. The highest BCUT2D eigenvalue weighted by Crippen LogP contribution is 2.43. The number of furan rings is 1. The summed E-state index contributed by atoms with van der Waals surface area (Å²) in [5, 5.41) is 1.96. The first-order chi connectivity index (χ1) is 16.0. The summed E-state index contributed by atoms with van der Waals surface area (Å²) in [4.78, 5) is 2.29. The highest BCUT2D eigenvalue weighted by atomic mass is 19.1. The number of likely N-dealkylation sites (N-methyl/N-ethyl adjacent to an activating group) is 1. The van der Waals surface area contributed by atoms with Gasteiger partial charge in [0.25, 0.3) is 0 Å². The van der Waals surface area contributed by atoms with E-state index in [-0.39, 0.29) is 5.82 Å². The highest BCUT2D eigenvalue weighted by molar-refractivity contribution is 6.13. The molecule has 0 saturated heterocycles. The zero-order chi connectivity index (χ0) is 22.7. The molecule has 0 spiro atoms. The van der Waals surface area contributed by atoms with Crippen LogP contribution in [-0.4, -0.2) is 18.5 Å². The third-order valence-corrected chi connectivity index (χ3v) is 7.01. The van der Waals surface area contributed by atoms with E-state index in [0.717, 1.165) is 58.3 Å². The summed E-state index contributed by atoms with van der Waals surface area (Å²) in [6.07, 6.45) is 3.01. The molecule has 0 radical (unpaired) electrons. The summed E-state index contributed by atoms with van der Waals surface area (Å²) in [6.45, 7) is 3.93. The number of nitrogens with zero attached hydrogens (tertiary/aromatic N) is 2.